The Hall–Kier alpha value is -1.35. The average molecular weight is 150 g/mol. The Kier molecular flexibility index (Phi) is 2.23. The zero-order chi connectivity index (χ0) is 8.27. The van der Waals surface area contributed by atoms with Crippen molar-refractivity contribution in [1.82, 2.24) is 0 Å². The van der Waals surface area contributed by atoms with Crippen molar-refractivity contribution in [2.75, 3.05) is 0 Å². The van der Waals surface area contributed by atoms with Gasteiger partial charge in [0.25, 0.3) is 0 Å². The maximum atomic E-state index is 10.6. The highest BCUT2D eigenvalue weighted by Gasteiger charge is 1.99. The number of hydrogen-bond donors (Lipinski definition) is 2. The molecule has 0 saturated heterocycles. The van der Waals surface area contributed by atoms with E-state index in [1.807, 2.05) is 0 Å². The number of amides is 1. The van der Waals surface area contributed by atoms with Crippen molar-refractivity contribution in [1.29, 1.82) is 0 Å². The predicted molar refractivity (Wildman–Crippen MR) is 39.7 cm³/mol. The summed E-state index contributed by atoms with van der Waals surface area (Å²) in [5.74, 6) is -0.503. The summed E-state index contributed by atoms with van der Waals surface area (Å²) in [6.07, 6.45) is 0. The number of nitrogens with two attached hydrogens (primary N) is 1. The van der Waals surface area contributed by atoms with Crippen molar-refractivity contribution in [2.45, 2.75) is 6.61 Å². The van der Waals surface area contributed by atoms with Crippen LogP contribution in [0.5, 0.6) is 0 Å². The summed E-state index contributed by atoms with van der Waals surface area (Å²) in [4.78, 5) is 10.6. The molecule has 1 aromatic rings. The van der Waals surface area contributed by atoms with Gasteiger partial charge in [-0.25, -0.2) is 0 Å². The molecule has 0 spiro atoms. The largest absolute Gasteiger partial charge is 0.392 e. The van der Waals surface area contributed by atoms with Gasteiger partial charge >= 0.3 is 0 Å². The Morgan fingerprint density at radius 3 is 2.91 bits per heavy atom. The van der Waals surface area contributed by atoms with E-state index in [0.29, 0.717) is 11.1 Å². The van der Waals surface area contributed by atoms with Gasteiger partial charge in [-0.05, 0) is 29.8 Å². The molecular weight excluding hydrogens is 142 g/mol. The summed E-state index contributed by atoms with van der Waals surface area (Å²) in [7, 11) is 0. The zero-order valence-electron chi connectivity index (χ0n) is 5.87. The van der Waals surface area contributed by atoms with Gasteiger partial charge in [-0.1, -0.05) is 0 Å². The molecule has 1 amide bonds. The molecule has 0 aliphatic rings. The lowest BCUT2D eigenvalue weighted by Crippen LogP contribution is -2.10. The van der Waals surface area contributed by atoms with Crippen molar-refractivity contribution in [3.63, 3.8) is 0 Å². The first kappa shape index (κ1) is 7.75. The smallest absolute Gasteiger partial charge is 0.248 e. The van der Waals surface area contributed by atoms with Gasteiger partial charge in [-0.15, -0.1) is 0 Å². The van der Waals surface area contributed by atoms with E-state index in [4.69, 9.17) is 10.8 Å². The van der Waals surface area contributed by atoms with E-state index >= 15 is 0 Å². The van der Waals surface area contributed by atoms with Crippen LogP contribution in [0.1, 0.15) is 15.9 Å². The van der Waals surface area contributed by atoms with Crippen LogP contribution in [0.2, 0.25) is 0 Å². The molecule has 0 unspecified atom stereocenters. The van der Waals surface area contributed by atoms with Gasteiger partial charge in [0.2, 0.25) is 5.91 Å². The van der Waals surface area contributed by atoms with Crippen LogP contribution < -0.4 is 5.73 Å². The molecule has 11 heavy (non-hydrogen) atoms. The summed E-state index contributed by atoms with van der Waals surface area (Å²) in [5, 5.41) is 8.67. The lowest BCUT2D eigenvalue weighted by atomic mass is 10.1. The van der Waals surface area contributed by atoms with Crippen LogP contribution in [0.15, 0.2) is 18.2 Å². The molecule has 3 nitrogen and oxygen atoms in total. The summed E-state index contributed by atoms with van der Waals surface area (Å²) < 4.78 is 0. The quantitative estimate of drug-likeness (QED) is 0.627. The summed E-state index contributed by atoms with van der Waals surface area (Å²) in [5.41, 5.74) is 6.01. The van der Waals surface area contributed by atoms with E-state index in [1.54, 1.807) is 12.1 Å². The van der Waals surface area contributed by atoms with E-state index in [9.17, 15) is 4.79 Å². The van der Waals surface area contributed by atoms with Crippen molar-refractivity contribution in [3.05, 3.63) is 35.4 Å². The maximum absolute atomic E-state index is 10.6. The third kappa shape index (κ3) is 1.78. The second-order valence-corrected chi connectivity index (χ2v) is 2.15. The molecule has 57 valence electrons. The molecule has 0 atom stereocenters. The third-order valence-electron chi connectivity index (χ3n) is 1.32. The minimum absolute atomic E-state index is 0.0996. The van der Waals surface area contributed by atoms with Gasteiger partial charge in [0.1, 0.15) is 0 Å². The first-order chi connectivity index (χ1) is 5.24. The minimum atomic E-state index is -0.503. The molecule has 1 radical (unpaired) electrons. The number of primary amides is 1. The maximum Gasteiger partial charge on any atom is 0.248 e. The molecule has 1 rings (SSSR count). The molecule has 3 N–H and O–H groups in total. The monoisotopic (exact) mass is 150 g/mol. The molecule has 1 aromatic carbocycles. The van der Waals surface area contributed by atoms with Crippen LogP contribution in [0.4, 0.5) is 0 Å². The molecule has 0 saturated carbocycles. The number of benzene rings is 1. The topological polar surface area (TPSA) is 63.3 Å². The number of rotatable bonds is 2. The molecule has 0 fully saturated rings. The number of aliphatic hydroxyl groups excluding tert-OH is 1. The van der Waals surface area contributed by atoms with Crippen LogP contribution in [0, 0.1) is 6.07 Å². The number of carbonyl (C=O) groups is 1. The first-order valence-corrected chi connectivity index (χ1v) is 3.14. The molecule has 3 heteroatoms. The Labute approximate surface area is 64.5 Å². The second kappa shape index (κ2) is 3.16. The highest BCUT2D eigenvalue weighted by Crippen LogP contribution is 2.03. The van der Waals surface area contributed by atoms with Gasteiger partial charge in [0, 0.05) is 5.56 Å². The lowest BCUT2D eigenvalue weighted by molar-refractivity contribution is 0.1000. The van der Waals surface area contributed by atoms with Gasteiger partial charge in [-0.2, -0.15) is 0 Å². The van der Waals surface area contributed by atoms with Crippen molar-refractivity contribution in [3.8, 4) is 0 Å². The van der Waals surface area contributed by atoms with Gasteiger partial charge in [-0.3, -0.25) is 4.79 Å². The Morgan fingerprint density at radius 1 is 1.64 bits per heavy atom. The Bertz CT molecular complexity index is 271. The minimum Gasteiger partial charge on any atom is -0.392 e. The van der Waals surface area contributed by atoms with Crippen LogP contribution in [0.25, 0.3) is 0 Å². The normalized spacial score (nSPS) is 9.55. The zero-order valence-corrected chi connectivity index (χ0v) is 5.87. The Balaban J connectivity index is 3.01. The van der Waals surface area contributed by atoms with Gasteiger partial charge in [0.15, 0.2) is 0 Å². The third-order valence-corrected chi connectivity index (χ3v) is 1.32. The number of aliphatic hydroxyl groups is 1. The van der Waals surface area contributed by atoms with Crippen LogP contribution >= 0.6 is 0 Å². The SMILES string of the molecule is NC(=O)c1c[c]cc(CO)c1. The van der Waals surface area contributed by atoms with Crippen molar-refractivity contribution >= 4 is 5.91 Å². The summed E-state index contributed by atoms with van der Waals surface area (Å²) in [6.45, 7) is -0.0996. The van der Waals surface area contributed by atoms with Crippen LogP contribution in [-0.2, 0) is 6.61 Å². The van der Waals surface area contributed by atoms with Gasteiger partial charge in [0.05, 0.1) is 6.61 Å². The van der Waals surface area contributed by atoms with Gasteiger partial charge < -0.3 is 10.8 Å². The fourth-order valence-corrected chi connectivity index (χ4v) is 0.755. The van der Waals surface area contributed by atoms with E-state index in [0.717, 1.165) is 0 Å². The van der Waals surface area contributed by atoms with Crippen molar-refractivity contribution in [2.24, 2.45) is 5.73 Å². The van der Waals surface area contributed by atoms with Crippen LogP contribution in [0.3, 0.4) is 0 Å². The highest BCUT2D eigenvalue weighted by molar-refractivity contribution is 5.92. The molecule has 0 heterocycles. The van der Waals surface area contributed by atoms with Crippen LogP contribution in [-0.4, -0.2) is 11.0 Å². The average Bonchev–Trinajstić information content (AvgIpc) is 2.05. The van der Waals surface area contributed by atoms with Crippen molar-refractivity contribution < 1.29 is 9.90 Å². The fourth-order valence-electron chi connectivity index (χ4n) is 0.755. The number of hydrogen-bond acceptors (Lipinski definition) is 2. The van der Waals surface area contributed by atoms with E-state index in [1.165, 1.54) is 6.07 Å². The summed E-state index contributed by atoms with van der Waals surface area (Å²) >= 11 is 0. The number of carbonyl (C=O) groups excluding carboxylic acids is 1. The van der Waals surface area contributed by atoms with E-state index < -0.39 is 5.91 Å². The lowest BCUT2D eigenvalue weighted by Gasteiger charge is -1.97. The van der Waals surface area contributed by atoms with E-state index in [-0.39, 0.29) is 6.61 Å². The molecule has 0 aliphatic heterocycles. The first-order valence-electron chi connectivity index (χ1n) is 3.14. The molecule has 0 aromatic heterocycles. The highest BCUT2D eigenvalue weighted by atomic mass is 16.3. The summed E-state index contributed by atoms with van der Waals surface area (Å²) in [6, 6.07) is 7.33. The molecular formula is C8H8NO2. The van der Waals surface area contributed by atoms with E-state index in [2.05, 4.69) is 6.07 Å². The predicted octanol–water partition coefficient (Wildman–Crippen LogP) is 0.0780. The molecule has 0 bridgehead atoms. The standard InChI is InChI=1S/C8H8NO2/c9-8(11)7-3-1-2-6(4-7)5-10/h2-4,10H,5H2,(H2,9,11). The second-order valence-electron chi connectivity index (χ2n) is 2.15. The Morgan fingerprint density at radius 2 is 2.36 bits per heavy atom. The fraction of sp³-hybridized carbons (Fsp3) is 0.125. The molecule has 0 aliphatic carbocycles.